The number of nitrogens with two attached hydrogens (primary N) is 11. The van der Waals surface area contributed by atoms with Crippen LogP contribution in [0.1, 0.15) is 92.4 Å². The topological polar surface area (TPSA) is 702 Å². The summed E-state index contributed by atoms with van der Waals surface area (Å²) >= 11 is 0. The van der Waals surface area contributed by atoms with E-state index in [4.69, 9.17) is 137 Å². The van der Waals surface area contributed by atoms with Crippen LogP contribution in [0.2, 0.25) is 0 Å². The molecule has 40 nitrogen and oxygen atoms in total. The lowest BCUT2D eigenvalue weighted by molar-refractivity contribution is -0.307. The Balaban J connectivity index is 0.000000230. The van der Waals surface area contributed by atoms with Gasteiger partial charge in [0.1, 0.15) is 90.1 Å². The third kappa shape index (κ3) is 23.0. The molecule has 0 spiro atoms. The van der Waals surface area contributed by atoms with Crippen LogP contribution in [-0.2, 0) is 67.2 Å². The lowest BCUT2D eigenvalue weighted by atomic mass is 9.84. The van der Waals surface area contributed by atoms with Gasteiger partial charge in [-0.2, -0.15) is 8.42 Å². The predicted octanol–water partition coefficient (Wildman–Crippen LogP) is -11.5. The van der Waals surface area contributed by atoms with Crippen molar-refractivity contribution in [2.75, 3.05) is 54.6 Å². The zero-order valence-electron chi connectivity index (χ0n) is 59.3. The molecule has 0 aromatic rings. The first kappa shape index (κ1) is 88.3. The number of hydrogen-bond donors (Lipinski definition) is 26. The van der Waals surface area contributed by atoms with E-state index in [1.54, 1.807) is 41.9 Å². The van der Waals surface area contributed by atoms with Gasteiger partial charge in [-0.15, -0.1) is 0 Å². The molecule has 3 saturated carbocycles. The van der Waals surface area contributed by atoms with E-state index in [0.717, 1.165) is 19.3 Å². The highest BCUT2D eigenvalue weighted by Crippen LogP contribution is 2.36. The number of likely N-dealkylation sites (N-methyl/N-ethyl adjacent to an activating group) is 4. The fraction of sp³-hybridized carbons (Fsp3) is 1.00. The summed E-state index contributed by atoms with van der Waals surface area (Å²) in [6, 6.07) is -6.84. The summed E-state index contributed by atoms with van der Waals surface area (Å²) < 4.78 is 102. The first-order valence-electron chi connectivity index (χ1n) is 34.7. The number of rotatable bonds is 19. The lowest BCUT2D eigenvalue weighted by Crippen LogP contribution is -2.68. The summed E-state index contributed by atoms with van der Waals surface area (Å²) in [5, 5.41) is 108. The molecule has 38 atom stereocenters. The Bertz CT molecular complexity index is 2560. The van der Waals surface area contributed by atoms with Crippen LogP contribution >= 0.6 is 0 Å². The van der Waals surface area contributed by atoms with E-state index in [2.05, 4.69) is 21.3 Å². The lowest BCUT2D eigenvalue weighted by Gasteiger charge is -2.48. The first-order chi connectivity index (χ1) is 47.0. The monoisotopic (exact) mass is 1490 g/mol. The maximum Gasteiger partial charge on any atom is 0.394 e. The summed E-state index contributed by atoms with van der Waals surface area (Å²) in [6.07, 6.45) is -13.3. The molecule has 0 radical (unpaired) electrons. The van der Waals surface area contributed by atoms with Crippen molar-refractivity contribution in [1.82, 2.24) is 21.3 Å². The van der Waals surface area contributed by atoms with Crippen molar-refractivity contribution in [3.05, 3.63) is 0 Å². The summed E-state index contributed by atoms with van der Waals surface area (Å²) in [5.74, 6) is 0. The molecule has 0 bridgehead atoms. The van der Waals surface area contributed by atoms with Crippen LogP contribution in [0.5, 0.6) is 0 Å². The van der Waals surface area contributed by atoms with Crippen LogP contribution in [0.15, 0.2) is 0 Å². The Hall–Kier alpha value is -1.57. The first-order valence-corrected chi connectivity index (χ1v) is 36.1. The van der Waals surface area contributed by atoms with Gasteiger partial charge in [0.2, 0.25) is 0 Å². The van der Waals surface area contributed by atoms with E-state index in [1.165, 1.54) is 0 Å². The van der Waals surface area contributed by atoms with Crippen LogP contribution in [-0.4, -0.2) is 349 Å². The highest BCUT2D eigenvalue weighted by Gasteiger charge is 2.55. The van der Waals surface area contributed by atoms with Gasteiger partial charge in [-0.3, -0.25) is 9.11 Å². The van der Waals surface area contributed by atoms with Crippen molar-refractivity contribution < 1.29 is 120 Å². The molecule has 41 heteroatoms. The zero-order chi connectivity index (χ0) is 75.7. The highest BCUT2D eigenvalue weighted by molar-refractivity contribution is 7.79. The molecule has 6 saturated heterocycles. The van der Waals surface area contributed by atoms with Crippen LogP contribution in [0.25, 0.3) is 0 Å². The van der Waals surface area contributed by atoms with Gasteiger partial charge in [0.15, 0.2) is 37.7 Å². The predicted molar refractivity (Wildman–Crippen MR) is 360 cm³/mol. The Morgan fingerprint density at radius 3 is 0.950 bits per heavy atom. The maximum absolute atomic E-state index is 11.1. The molecule has 0 unspecified atom stereocenters. The quantitative estimate of drug-likeness (QED) is 0.0534. The average Bonchev–Trinajstić information content (AvgIpc) is 0.790. The summed E-state index contributed by atoms with van der Waals surface area (Å²) in [7, 11) is 2.07. The molecule has 9 fully saturated rings. The largest absolute Gasteiger partial charge is 0.394 e. The van der Waals surface area contributed by atoms with E-state index in [0.29, 0.717) is 45.1 Å². The van der Waals surface area contributed by atoms with Gasteiger partial charge in [-0.1, -0.05) is 0 Å². The molecule has 0 amide bonds. The van der Waals surface area contributed by atoms with Gasteiger partial charge >= 0.3 is 10.4 Å². The molecule has 101 heavy (non-hydrogen) atoms. The second-order valence-corrected chi connectivity index (χ2v) is 30.1. The number of hydrogen-bond acceptors (Lipinski definition) is 38. The van der Waals surface area contributed by atoms with Gasteiger partial charge in [-0.05, 0) is 121 Å². The SMILES string of the molecule is CN[C@@H]1[C@@H](O)[C@@H](O[C@@H]2[C@@H](O)[C@H](O[C@H]3O[C@H](CN)CC[C@H]3N)[C@@H](N)C[C@H]2N)OC[C@]1(C)O.CN[C@@H]1[C@@H](O)[C@@H](O[C@@H]2[C@@H](O)[C@H](O[C@H]3O[C@H]([C@@H](C)N)CC[C@H]3N)[C@@H](N)C[C@H]2N)OC[C@]1(C)O.CN[C@@H]1[C@@H](O)[C@@H](O[C@@H]2[C@@H](O)[C@H](O[C@H]3O[C@H]([C@@H](C)NC)CC[C@H]3N)[C@@H](N)C[C@H]2N)OC[C@]1(C)O.O=S(=O)(O)O. The van der Waals surface area contributed by atoms with E-state index in [9.17, 15) is 46.0 Å². The van der Waals surface area contributed by atoms with Crippen molar-refractivity contribution in [2.45, 2.75) is 323 Å². The van der Waals surface area contributed by atoms with Crippen LogP contribution in [0, 0.1) is 0 Å². The highest BCUT2D eigenvalue weighted by atomic mass is 32.3. The fourth-order valence-electron chi connectivity index (χ4n) is 14.6. The van der Waals surface area contributed by atoms with Crippen LogP contribution in [0.3, 0.4) is 0 Å². The smallest absolute Gasteiger partial charge is 0.388 e. The zero-order valence-corrected chi connectivity index (χ0v) is 60.1. The Kier molecular flexibility index (Phi) is 33.4. The molecule has 6 heterocycles. The molecule has 0 aromatic heterocycles. The van der Waals surface area contributed by atoms with Gasteiger partial charge in [0.05, 0.1) is 74.4 Å². The Labute approximate surface area is 590 Å². The van der Waals surface area contributed by atoms with Crippen LogP contribution in [0.4, 0.5) is 0 Å². The van der Waals surface area contributed by atoms with Crippen molar-refractivity contribution in [2.24, 2.45) is 63.1 Å². The van der Waals surface area contributed by atoms with Crippen molar-refractivity contribution in [3.8, 4) is 0 Å². The molecule has 596 valence electrons. The molecule has 6 aliphatic heterocycles. The van der Waals surface area contributed by atoms with E-state index < -0.39 is 193 Å². The maximum atomic E-state index is 11.1. The Morgan fingerprint density at radius 1 is 0.426 bits per heavy atom. The number of aliphatic hydroxyl groups excluding tert-OH is 6. The van der Waals surface area contributed by atoms with Crippen LogP contribution < -0.4 is 84.3 Å². The van der Waals surface area contributed by atoms with Crippen molar-refractivity contribution in [3.63, 3.8) is 0 Å². The number of aliphatic hydroxyl groups is 9. The average molecular weight is 1490 g/mol. The number of nitrogens with one attached hydrogen (secondary N) is 4. The second-order valence-electron chi connectivity index (χ2n) is 29.2. The third-order valence-electron chi connectivity index (χ3n) is 20.6. The summed E-state index contributed by atoms with van der Waals surface area (Å²) in [6.45, 7) is 8.70. The minimum Gasteiger partial charge on any atom is -0.388 e. The van der Waals surface area contributed by atoms with Gasteiger partial charge < -0.3 is 187 Å². The normalized spacial score (nSPS) is 49.1. The number of ether oxygens (including phenoxy) is 12. The molecule has 0 aromatic carbocycles. The minimum atomic E-state index is -4.67. The molecule has 9 rings (SSSR count). The Morgan fingerprint density at radius 2 is 0.683 bits per heavy atom. The van der Waals surface area contributed by atoms with Crippen molar-refractivity contribution in [1.29, 1.82) is 0 Å². The third-order valence-corrected chi connectivity index (χ3v) is 20.6. The molecule has 37 N–H and O–H groups in total. The fourth-order valence-corrected chi connectivity index (χ4v) is 14.6. The summed E-state index contributed by atoms with van der Waals surface area (Å²) in [4.78, 5) is 0. The van der Waals surface area contributed by atoms with E-state index in [1.807, 2.05) is 20.9 Å². The minimum absolute atomic E-state index is 0.0620. The molecule has 3 aliphatic carbocycles. The molecular weight excluding hydrogens is 1360 g/mol. The van der Waals surface area contributed by atoms with Crippen molar-refractivity contribution >= 4 is 10.4 Å². The van der Waals surface area contributed by atoms with Gasteiger partial charge in [-0.25, -0.2) is 0 Å². The standard InChI is InChI=1S/C21H43N5O7.C20H41N5O7.C19H39N5O7.H2O4S/c1-9(25-3)13-6-5-10(22)19(31-13)32-16-11(23)7-12(24)17(14(16)27)33-20-15(28)18(26-4)21(2,29)8-30-20;1-8(21)12-5-4-9(22)18(30-12)31-15-10(23)6-11(24)16(13(15)26)32-19-14(27)17(25-3)20(2,28)7-29-19;1-19(27)7-28-18(13(26)16(19)24-2)31-15-11(23)5-10(22)14(12(15)25)30-17-9(21)4-3-8(6-20)29-17;1-5(2,3)4/h9-20,25-29H,5-8,22-24H2,1-4H3;8-19,25-28H,4-7,21-24H2,1-3H3;8-18,24-27H,3-7,20-23H2,1-2H3;(H2,1,2,3,4)/t9-,10-,11+,12-,13+,14+,15-,16-,17+,18-,19-,20-,21+;8-,9-,10+,11-,12+,13+,14-,15-,16+,17-,18-,19-,20+;8-,9+,10-,11+,12-,13+,14+,15-,16+,17+,18+,19-;/m110./s1. The van der Waals surface area contributed by atoms with E-state index >= 15 is 0 Å². The van der Waals surface area contributed by atoms with E-state index in [-0.39, 0.29) is 68.3 Å². The summed E-state index contributed by atoms with van der Waals surface area (Å²) in [5.41, 5.74) is 63.8. The molecular formula is C60H125N15O25S. The second kappa shape index (κ2) is 38.2. The molecule has 9 aliphatic rings. The van der Waals surface area contributed by atoms with Gasteiger partial charge in [0.25, 0.3) is 0 Å². The van der Waals surface area contributed by atoms with Gasteiger partial charge in [0, 0.05) is 54.9 Å².